The fraction of sp³-hybridized carbons (Fsp3) is 0.438. The summed E-state index contributed by atoms with van der Waals surface area (Å²) in [5.41, 5.74) is 0.364. The van der Waals surface area contributed by atoms with Crippen molar-refractivity contribution in [1.82, 2.24) is 10.2 Å². The minimum Gasteiger partial charge on any atom is -0.493 e. The van der Waals surface area contributed by atoms with Gasteiger partial charge in [0.25, 0.3) is 5.91 Å². The third-order valence-corrected chi connectivity index (χ3v) is 4.74. The van der Waals surface area contributed by atoms with E-state index >= 15 is 0 Å². The van der Waals surface area contributed by atoms with Crippen molar-refractivity contribution in [2.45, 2.75) is 0 Å². The molecule has 0 spiro atoms. The van der Waals surface area contributed by atoms with Crippen molar-refractivity contribution >= 4 is 27.5 Å². The van der Waals surface area contributed by atoms with Crippen LogP contribution in [-0.2, 0) is 4.74 Å². The highest BCUT2D eigenvalue weighted by Gasteiger charge is 2.20. The zero-order valence-electron chi connectivity index (χ0n) is 14.8. The molecule has 1 aromatic carbocycles. The number of aromatic nitrogens is 2. The Morgan fingerprint density at radius 1 is 1.12 bits per heavy atom. The second-order valence-corrected chi connectivity index (χ2v) is 6.31. The van der Waals surface area contributed by atoms with Gasteiger partial charge in [0, 0.05) is 18.7 Å². The highest BCUT2D eigenvalue weighted by Crippen LogP contribution is 2.38. The lowest BCUT2D eigenvalue weighted by molar-refractivity contribution is 0.102. The van der Waals surface area contributed by atoms with E-state index in [1.165, 1.54) is 32.7 Å². The van der Waals surface area contributed by atoms with E-state index < -0.39 is 0 Å². The number of methoxy groups -OCH3 is 3. The Morgan fingerprint density at radius 2 is 1.77 bits per heavy atom. The molecule has 1 aliphatic rings. The molecule has 9 nitrogen and oxygen atoms in total. The minimum absolute atomic E-state index is 0.339. The van der Waals surface area contributed by atoms with Gasteiger partial charge in [-0.3, -0.25) is 10.1 Å². The number of anilines is 2. The van der Waals surface area contributed by atoms with Crippen molar-refractivity contribution in [3.63, 3.8) is 0 Å². The quantitative estimate of drug-likeness (QED) is 0.808. The number of nitrogens with zero attached hydrogens (tertiary/aromatic N) is 3. The Morgan fingerprint density at radius 3 is 2.35 bits per heavy atom. The van der Waals surface area contributed by atoms with Gasteiger partial charge < -0.3 is 23.8 Å². The molecule has 26 heavy (non-hydrogen) atoms. The summed E-state index contributed by atoms with van der Waals surface area (Å²) in [5, 5.41) is 12.1. The van der Waals surface area contributed by atoms with Crippen LogP contribution in [0.2, 0.25) is 0 Å². The van der Waals surface area contributed by atoms with Crippen molar-refractivity contribution in [2.24, 2.45) is 0 Å². The molecule has 3 rings (SSSR count). The van der Waals surface area contributed by atoms with E-state index in [4.69, 9.17) is 18.9 Å². The minimum atomic E-state index is -0.339. The van der Waals surface area contributed by atoms with E-state index in [-0.39, 0.29) is 5.91 Å². The van der Waals surface area contributed by atoms with E-state index in [9.17, 15) is 4.79 Å². The summed E-state index contributed by atoms with van der Waals surface area (Å²) in [4.78, 5) is 14.7. The summed E-state index contributed by atoms with van der Waals surface area (Å²) in [7, 11) is 4.51. The topological polar surface area (TPSA) is 95.0 Å². The number of hydrogen-bond donors (Lipinski definition) is 1. The number of benzene rings is 1. The fourth-order valence-corrected chi connectivity index (χ4v) is 3.32. The van der Waals surface area contributed by atoms with Crippen molar-refractivity contribution in [3.05, 3.63) is 17.7 Å². The van der Waals surface area contributed by atoms with Crippen LogP contribution < -0.4 is 24.4 Å². The molecule has 2 aromatic rings. The maximum Gasteiger partial charge on any atom is 0.257 e. The van der Waals surface area contributed by atoms with E-state index in [1.54, 1.807) is 12.1 Å². The third kappa shape index (κ3) is 3.81. The zero-order chi connectivity index (χ0) is 18.5. The van der Waals surface area contributed by atoms with Gasteiger partial charge in [0.05, 0.1) is 34.5 Å². The molecule has 1 aliphatic heterocycles. The van der Waals surface area contributed by atoms with Gasteiger partial charge in [-0.05, 0) is 12.1 Å². The Kier molecular flexibility index (Phi) is 5.74. The number of morpholine rings is 1. The first kappa shape index (κ1) is 18.2. The molecule has 0 radical (unpaired) electrons. The normalized spacial score (nSPS) is 14.0. The summed E-state index contributed by atoms with van der Waals surface area (Å²) in [5.74, 6) is 0.900. The van der Waals surface area contributed by atoms with Crippen LogP contribution >= 0.6 is 11.3 Å². The second-order valence-electron chi connectivity index (χ2n) is 5.36. The van der Waals surface area contributed by atoms with E-state index in [0.717, 1.165) is 18.2 Å². The summed E-state index contributed by atoms with van der Waals surface area (Å²) in [6, 6.07) is 3.17. The lowest BCUT2D eigenvalue weighted by Gasteiger charge is -2.25. The lowest BCUT2D eigenvalue weighted by Crippen LogP contribution is -2.36. The Labute approximate surface area is 154 Å². The summed E-state index contributed by atoms with van der Waals surface area (Å²) < 4.78 is 21.1. The number of carbonyl (C=O) groups is 1. The van der Waals surface area contributed by atoms with Gasteiger partial charge in [-0.25, -0.2) is 0 Å². The van der Waals surface area contributed by atoms with Crippen LogP contribution in [0.4, 0.5) is 10.3 Å². The molecule has 0 saturated carbocycles. The second kappa shape index (κ2) is 8.19. The number of nitrogens with one attached hydrogen (secondary N) is 1. The highest BCUT2D eigenvalue weighted by molar-refractivity contribution is 7.19. The summed E-state index contributed by atoms with van der Waals surface area (Å²) in [6.45, 7) is 2.84. The summed E-state index contributed by atoms with van der Waals surface area (Å²) in [6.07, 6.45) is 0. The smallest absolute Gasteiger partial charge is 0.257 e. The van der Waals surface area contributed by atoms with E-state index in [2.05, 4.69) is 20.4 Å². The number of rotatable bonds is 6. The van der Waals surface area contributed by atoms with Crippen LogP contribution in [0.3, 0.4) is 0 Å². The first-order valence-electron chi connectivity index (χ1n) is 7.93. The fourth-order valence-electron chi connectivity index (χ4n) is 2.53. The van der Waals surface area contributed by atoms with E-state index in [1.807, 2.05) is 0 Å². The van der Waals surface area contributed by atoms with Crippen LogP contribution in [0.1, 0.15) is 10.4 Å². The van der Waals surface area contributed by atoms with Gasteiger partial charge in [-0.1, -0.05) is 11.3 Å². The van der Waals surface area contributed by atoms with Crippen LogP contribution in [0.25, 0.3) is 0 Å². The van der Waals surface area contributed by atoms with Crippen LogP contribution in [0.15, 0.2) is 12.1 Å². The Bertz CT molecular complexity index is 751. The molecular formula is C16H20N4O5S. The van der Waals surface area contributed by atoms with Gasteiger partial charge >= 0.3 is 0 Å². The monoisotopic (exact) mass is 380 g/mol. The van der Waals surface area contributed by atoms with E-state index in [0.29, 0.717) is 41.2 Å². The number of hydrogen-bond acceptors (Lipinski definition) is 9. The first-order valence-corrected chi connectivity index (χ1v) is 8.75. The average molecular weight is 380 g/mol. The van der Waals surface area contributed by atoms with Crippen LogP contribution in [0.5, 0.6) is 17.2 Å². The van der Waals surface area contributed by atoms with Gasteiger partial charge in [-0.2, -0.15) is 0 Å². The van der Waals surface area contributed by atoms with Gasteiger partial charge in [0.2, 0.25) is 16.0 Å². The zero-order valence-corrected chi connectivity index (χ0v) is 15.6. The maximum absolute atomic E-state index is 12.6. The van der Waals surface area contributed by atoms with Crippen molar-refractivity contribution < 1.29 is 23.7 Å². The number of carbonyl (C=O) groups excluding carboxylic acids is 1. The predicted molar refractivity (Wildman–Crippen MR) is 97.0 cm³/mol. The first-order chi connectivity index (χ1) is 12.7. The molecule has 2 heterocycles. The number of amides is 1. The maximum atomic E-state index is 12.6. The molecule has 1 N–H and O–H groups in total. The van der Waals surface area contributed by atoms with Crippen molar-refractivity contribution in [1.29, 1.82) is 0 Å². The summed E-state index contributed by atoms with van der Waals surface area (Å²) >= 11 is 1.32. The average Bonchev–Trinajstić information content (AvgIpc) is 3.15. The lowest BCUT2D eigenvalue weighted by atomic mass is 10.1. The molecule has 1 fully saturated rings. The molecule has 1 saturated heterocycles. The SMILES string of the molecule is COc1cc(C(=O)Nc2nnc(N3CCOCC3)s2)cc(OC)c1OC. The van der Waals surface area contributed by atoms with Crippen molar-refractivity contribution in [2.75, 3.05) is 57.8 Å². The molecule has 1 aromatic heterocycles. The van der Waals surface area contributed by atoms with Gasteiger partial charge in [-0.15, -0.1) is 10.2 Å². The highest BCUT2D eigenvalue weighted by atomic mass is 32.1. The third-order valence-electron chi connectivity index (χ3n) is 3.84. The predicted octanol–water partition coefficient (Wildman–Crippen LogP) is 1.65. The molecular weight excluding hydrogens is 360 g/mol. The molecule has 140 valence electrons. The van der Waals surface area contributed by atoms with Crippen molar-refractivity contribution in [3.8, 4) is 17.2 Å². The molecule has 0 unspecified atom stereocenters. The molecule has 0 aliphatic carbocycles. The standard InChI is InChI=1S/C16H20N4O5S/c1-22-11-8-10(9-12(23-2)13(11)24-3)14(21)17-15-18-19-16(26-15)20-4-6-25-7-5-20/h8-9H,4-7H2,1-3H3,(H,17,18,21). The Hall–Kier alpha value is -2.59. The van der Waals surface area contributed by atoms with Gasteiger partial charge in [0.15, 0.2) is 11.5 Å². The Balaban J connectivity index is 1.76. The van der Waals surface area contributed by atoms with Crippen LogP contribution in [0, 0.1) is 0 Å². The molecule has 10 heteroatoms. The number of ether oxygens (including phenoxy) is 4. The van der Waals surface area contributed by atoms with Crippen LogP contribution in [-0.4, -0.2) is 63.7 Å². The van der Waals surface area contributed by atoms with Gasteiger partial charge in [0.1, 0.15) is 0 Å². The largest absolute Gasteiger partial charge is 0.493 e. The molecule has 1 amide bonds. The molecule has 0 atom stereocenters. The molecule has 0 bridgehead atoms.